The van der Waals surface area contributed by atoms with E-state index in [2.05, 4.69) is 4.98 Å². The van der Waals surface area contributed by atoms with Crippen LogP contribution in [0.5, 0.6) is 0 Å². The van der Waals surface area contributed by atoms with Crippen molar-refractivity contribution in [3.63, 3.8) is 0 Å². The minimum Gasteiger partial charge on any atom is -0.337 e. The van der Waals surface area contributed by atoms with Gasteiger partial charge < -0.3 is 4.98 Å². The number of imidazole rings is 1. The molecule has 0 aliphatic carbocycles. The molecule has 2 aromatic rings. The third-order valence-corrected chi connectivity index (χ3v) is 3.33. The topological polar surface area (TPSA) is 20.7 Å². The summed E-state index contributed by atoms with van der Waals surface area (Å²) in [4.78, 5) is 2.86. The Morgan fingerprint density at radius 2 is 2.05 bits per heavy atom. The summed E-state index contributed by atoms with van der Waals surface area (Å²) >= 11 is 11.1. The van der Waals surface area contributed by atoms with Gasteiger partial charge in [0.1, 0.15) is 0 Å². The van der Waals surface area contributed by atoms with Crippen molar-refractivity contribution in [2.24, 2.45) is 0 Å². The van der Waals surface area contributed by atoms with Gasteiger partial charge in [-0.1, -0.05) is 18.5 Å². The lowest BCUT2D eigenvalue weighted by Crippen LogP contribution is -2.06. The molecule has 1 N–H and O–H groups in total. The fourth-order valence-electron chi connectivity index (χ4n) is 1.79. The molecular weight excluding hydrogens is 297 g/mol. The molecule has 0 radical (unpaired) electrons. The van der Waals surface area contributed by atoms with E-state index in [-0.39, 0.29) is 5.02 Å². The molecule has 2 nitrogen and oxygen atoms in total. The molecule has 0 aliphatic rings. The van der Waals surface area contributed by atoms with E-state index in [0.29, 0.717) is 16.9 Å². The first kappa shape index (κ1) is 14.1. The van der Waals surface area contributed by atoms with Crippen LogP contribution in [0, 0.1) is 4.77 Å². The standard InChI is InChI=1S/C12H10ClF3N2S/c1-2-8-6-17-11(19)18(8)10-4-3-7(5-9(10)13)12(14,15)16/h3-6H,2H2,1H3,(H,17,19). The van der Waals surface area contributed by atoms with Gasteiger partial charge in [-0.05, 0) is 36.8 Å². The normalized spacial score (nSPS) is 11.8. The number of rotatable bonds is 2. The molecule has 1 aromatic carbocycles. The van der Waals surface area contributed by atoms with Crippen molar-refractivity contribution in [3.05, 3.63) is 45.4 Å². The Morgan fingerprint density at radius 1 is 1.37 bits per heavy atom. The molecule has 0 atom stereocenters. The van der Waals surface area contributed by atoms with Crippen LogP contribution in [-0.2, 0) is 12.6 Å². The van der Waals surface area contributed by atoms with Gasteiger partial charge in [0.2, 0.25) is 0 Å². The van der Waals surface area contributed by atoms with Crippen LogP contribution in [0.1, 0.15) is 18.2 Å². The lowest BCUT2D eigenvalue weighted by Gasteiger charge is -2.12. The van der Waals surface area contributed by atoms with Crippen LogP contribution in [0.2, 0.25) is 5.02 Å². The fourth-order valence-corrected chi connectivity index (χ4v) is 2.33. The van der Waals surface area contributed by atoms with E-state index in [9.17, 15) is 13.2 Å². The number of hydrogen-bond acceptors (Lipinski definition) is 1. The van der Waals surface area contributed by atoms with E-state index in [1.54, 1.807) is 10.8 Å². The van der Waals surface area contributed by atoms with Crippen LogP contribution in [0.25, 0.3) is 5.69 Å². The van der Waals surface area contributed by atoms with Crippen LogP contribution in [0.3, 0.4) is 0 Å². The molecule has 2 rings (SSSR count). The van der Waals surface area contributed by atoms with Gasteiger partial charge in [0, 0.05) is 11.9 Å². The molecule has 1 aromatic heterocycles. The summed E-state index contributed by atoms with van der Waals surface area (Å²) < 4.78 is 39.8. The van der Waals surface area contributed by atoms with Gasteiger partial charge in [0.05, 0.1) is 16.3 Å². The van der Waals surface area contributed by atoms with Crippen molar-refractivity contribution < 1.29 is 13.2 Å². The molecule has 0 amide bonds. The van der Waals surface area contributed by atoms with E-state index in [1.165, 1.54) is 6.07 Å². The Hall–Kier alpha value is -1.27. The van der Waals surface area contributed by atoms with Gasteiger partial charge in [0.15, 0.2) is 4.77 Å². The van der Waals surface area contributed by atoms with Gasteiger partial charge >= 0.3 is 6.18 Å². The minimum atomic E-state index is -4.41. The fraction of sp³-hybridized carbons (Fsp3) is 0.250. The molecule has 1 heterocycles. The Labute approximate surface area is 117 Å². The van der Waals surface area contributed by atoms with Crippen molar-refractivity contribution in [1.82, 2.24) is 9.55 Å². The van der Waals surface area contributed by atoms with Gasteiger partial charge in [-0.25, -0.2) is 0 Å². The number of aromatic nitrogens is 2. The van der Waals surface area contributed by atoms with Crippen LogP contribution in [0.15, 0.2) is 24.4 Å². The van der Waals surface area contributed by atoms with E-state index in [0.717, 1.165) is 17.8 Å². The monoisotopic (exact) mass is 306 g/mol. The average Bonchev–Trinajstić information content (AvgIpc) is 2.69. The smallest absolute Gasteiger partial charge is 0.337 e. The van der Waals surface area contributed by atoms with Crippen molar-refractivity contribution in [3.8, 4) is 5.69 Å². The number of alkyl halides is 3. The number of hydrogen-bond donors (Lipinski definition) is 1. The van der Waals surface area contributed by atoms with Crippen LogP contribution in [0.4, 0.5) is 13.2 Å². The summed E-state index contributed by atoms with van der Waals surface area (Å²) in [5, 5.41) is 0.0141. The highest BCUT2D eigenvalue weighted by Crippen LogP contribution is 2.33. The van der Waals surface area contributed by atoms with Crippen molar-refractivity contribution >= 4 is 23.8 Å². The molecule has 0 saturated carbocycles. The second kappa shape index (κ2) is 5.02. The number of halogens is 4. The summed E-state index contributed by atoms with van der Waals surface area (Å²) in [6, 6.07) is 3.23. The summed E-state index contributed by atoms with van der Waals surface area (Å²) in [5.41, 5.74) is 0.519. The summed E-state index contributed by atoms with van der Waals surface area (Å²) in [5.74, 6) is 0. The second-order valence-electron chi connectivity index (χ2n) is 3.94. The number of aryl methyl sites for hydroxylation is 1. The minimum absolute atomic E-state index is 0.0141. The molecule has 0 bridgehead atoms. The Balaban J connectivity index is 2.59. The Bertz CT molecular complexity index is 658. The molecule has 0 saturated heterocycles. The predicted molar refractivity (Wildman–Crippen MR) is 70.3 cm³/mol. The number of H-pyrrole nitrogens is 1. The SMILES string of the molecule is CCc1c[nH]c(=S)n1-c1ccc(C(F)(F)F)cc1Cl. The number of nitrogens with zero attached hydrogens (tertiary/aromatic N) is 1. The maximum absolute atomic E-state index is 12.6. The molecule has 7 heteroatoms. The zero-order chi connectivity index (χ0) is 14.2. The zero-order valence-corrected chi connectivity index (χ0v) is 11.5. The zero-order valence-electron chi connectivity index (χ0n) is 9.88. The van der Waals surface area contributed by atoms with Gasteiger partial charge in [-0.2, -0.15) is 13.2 Å². The van der Waals surface area contributed by atoms with E-state index < -0.39 is 11.7 Å². The van der Waals surface area contributed by atoms with Gasteiger partial charge in [-0.3, -0.25) is 4.57 Å². The van der Waals surface area contributed by atoms with Crippen molar-refractivity contribution in [2.75, 3.05) is 0 Å². The Morgan fingerprint density at radius 3 is 2.58 bits per heavy atom. The van der Waals surface area contributed by atoms with Gasteiger partial charge in [0.25, 0.3) is 0 Å². The molecule has 0 unspecified atom stereocenters. The van der Waals surface area contributed by atoms with Crippen molar-refractivity contribution in [1.29, 1.82) is 0 Å². The van der Waals surface area contributed by atoms with E-state index in [4.69, 9.17) is 23.8 Å². The first-order chi connectivity index (χ1) is 8.84. The molecule has 102 valence electrons. The molecule has 19 heavy (non-hydrogen) atoms. The van der Waals surface area contributed by atoms with Crippen molar-refractivity contribution in [2.45, 2.75) is 19.5 Å². The highest BCUT2D eigenvalue weighted by molar-refractivity contribution is 7.71. The first-order valence-corrected chi connectivity index (χ1v) is 6.29. The largest absolute Gasteiger partial charge is 0.416 e. The average molecular weight is 307 g/mol. The maximum Gasteiger partial charge on any atom is 0.416 e. The predicted octanol–water partition coefficient (Wildman–Crippen LogP) is 4.77. The number of benzene rings is 1. The van der Waals surface area contributed by atoms with E-state index in [1.807, 2.05) is 6.92 Å². The molecule has 0 fully saturated rings. The highest BCUT2D eigenvalue weighted by atomic mass is 35.5. The van der Waals surface area contributed by atoms with Gasteiger partial charge in [-0.15, -0.1) is 0 Å². The third-order valence-electron chi connectivity index (χ3n) is 2.73. The highest BCUT2D eigenvalue weighted by Gasteiger charge is 2.31. The van der Waals surface area contributed by atoms with Crippen LogP contribution in [-0.4, -0.2) is 9.55 Å². The maximum atomic E-state index is 12.6. The third kappa shape index (κ3) is 2.69. The lowest BCUT2D eigenvalue weighted by molar-refractivity contribution is -0.137. The Kier molecular flexibility index (Phi) is 3.73. The lowest BCUT2D eigenvalue weighted by atomic mass is 10.2. The molecule has 0 spiro atoms. The quantitative estimate of drug-likeness (QED) is 0.793. The molecular formula is C12H10ClF3N2S. The summed E-state index contributed by atoms with van der Waals surface area (Å²) in [7, 11) is 0. The molecule has 0 aliphatic heterocycles. The first-order valence-electron chi connectivity index (χ1n) is 5.51. The summed E-state index contributed by atoms with van der Waals surface area (Å²) in [6.07, 6.45) is -2.00. The van der Waals surface area contributed by atoms with Crippen LogP contribution < -0.4 is 0 Å². The second-order valence-corrected chi connectivity index (χ2v) is 4.73. The number of nitrogens with one attached hydrogen (secondary N) is 1. The van der Waals surface area contributed by atoms with Crippen LogP contribution >= 0.6 is 23.8 Å². The van der Waals surface area contributed by atoms with E-state index >= 15 is 0 Å². The summed E-state index contributed by atoms with van der Waals surface area (Å²) in [6.45, 7) is 1.92. The number of aromatic amines is 1.